The van der Waals surface area contributed by atoms with E-state index in [1.54, 1.807) is 25.6 Å². The van der Waals surface area contributed by atoms with Crippen molar-refractivity contribution in [2.24, 2.45) is 0 Å². The average molecular weight is 347 g/mol. The molecule has 0 radical (unpaired) electrons. The standard InChI is InChI=1S/C21H21N3O2/c1-15-4-3-5-18(10-15)24-21(25)17-11-19(14-22-13-17)23-12-16-6-8-20(26-2)9-7-16/h3-11,13-14,23H,12H2,1-2H3,(H,24,25). The van der Waals surface area contributed by atoms with Gasteiger partial charge in [0.15, 0.2) is 0 Å². The maximum atomic E-state index is 12.4. The molecule has 5 heteroatoms. The molecule has 0 fully saturated rings. The molecule has 3 rings (SSSR count). The number of amides is 1. The summed E-state index contributed by atoms with van der Waals surface area (Å²) in [5, 5.41) is 6.18. The third-order valence-corrected chi connectivity index (χ3v) is 3.93. The van der Waals surface area contributed by atoms with E-state index in [2.05, 4.69) is 15.6 Å². The summed E-state index contributed by atoms with van der Waals surface area (Å²) in [5.74, 6) is 0.640. The van der Waals surface area contributed by atoms with Crippen molar-refractivity contribution in [3.63, 3.8) is 0 Å². The normalized spacial score (nSPS) is 10.2. The number of aromatic nitrogens is 1. The van der Waals surface area contributed by atoms with Crippen molar-refractivity contribution in [2.45, 2.75) is 13.5 Å². The van der Waals surface area contributed by atoms with Crippen LogP contribution in [0.2, 0.25) is 0 Å². The molecule has 5 nitrogen and oxygen atoms in total. The van der Waals surface area contributed by atoms with Crippen molar-refractivity contribution in [2.75, 3.05) is 17.7 Å². The van der Waals surface area contributed by atoms with E-state index < -0.39 is 0 Å². The SMILES string of the molecule is COc1ccc(CNc2cncc(C(=O)Nc3cccc(C)c3)c2)cc1. The number of carbonyl (C=O) groups excluding carboxylic acids is 1. The number of methoxy groups -OCH3 is 1. The van der Waals surface area contributed by atoms with Gasteiger partial charge in [-0.25, -0.2) is 0 Å². The van der Waals surface area contributed by atoms with Crippen LogP contribution in [-0.4, -0.2) is 18.0 Å². The van der Waals surface area contributed by atoms with Gasteiger partial charge in [0.05, 0.1) is 18.4 Å². The highest BCUT2D eigenvalue weighted by Gasteiger charge is 2.08. The number of pyridine rings is 1. The minimum absolute atomic E-state index is 0.184. The average Bonchev–Trinajstić information content (AvgIpc) is 2.67. The van der Waals surface area contributed by atoms with Crippen molar-refractivity contribution in [3.05, 3.63) is 83.7 Å². The lowest BCUT2D eigenvalue weighted by atomic mass is 10.2. The Labute approximate surface area is 153 Å². The highest BCUT2D eigenvalue weighted by atomic mass is 16.5. The summed E-state index contributed by atoms with van der Waals surface area (Å²) < 4.78 is 5.16. The molecule has 1 heterocycles. The molecule has 0 bridgehead atoms. The number of ether oxygens (including phenoxy) is 1. The minimum Gasteiger partial charge on any atom is -0.497 e. The summed E-state index contributed by atoms with van der Waals surface area (Å²) in [4.78, 5) is 16.6. The zero-order chi connectivity index (χ0) is 18.4. The van der Waals surface area contributed by atoms with Gasteiger partial charge in [-0.3, -0.25) is 9.78 Å². The summed E-state index contributed by atoms with van der Waals surface area (Å²) in [5.41, 5.74) is 4.27. The van der Waals surface area contributed by atoms with Gasteiger partial charge in [0, 0.05) is 24.6 Å². The number of carbonyl (C=O) groups is 1. The second-order valence-electron chi connectivity index (χ2n) is 5.99. The van der Waals surface area contributed by atoms with Crippen LogP contribution in [0.5, 0.6) is 5.75 Å². The van der Waals surface area contributed by atoms with Crippen LogP contribution in [0.1, 0.15) is 21.5 Å². The van der Waals surface area contributed by atoms with Crippen LogP contribution in [0.25, 0.3) is 0 Å². The number of hydrogen-bond acceptors (Lipinski definition) is 4. The van der Waals surface area contributed by atoms with Gasteiger partial charge in [0.25, 0.3) is 5.91 Å². The van der Waals surface area contributed by atoms with Gasteiger partial charge >= 0.3 is 0 Å². The molecule has 0 spiro atoms. The Hall–Kier alpha value is -3.34. The lowest BCUT2D eigenvalue weighted by Crippen LogP contribution is -2.13. The Morgan fingerprint density at radius 2 is 1.85 bits per heavy atom. The Bertz CT molecular complexity index is 892. The number of nitrogens with one attached hydrogen (secondary N) is 2. The fraction of sp³-hybridized carbons (Fsp3) is 0.143. The molecule has 26 heavy (non-hydrogen) atoms. The highest BCUT2D eigenvalue weighted by molar-refractivity contribution is 6.04. The van der Waals surface area contributed by atoms with Crippen molar-refractivity contribution in [3.8, 4) is 5.75 Å². The maximum Gasteiger partial charge on any atom is 0.257 e. The Morgan fingerprint density at radius 3 is 2.58 bits per heavy atom. The molecule has 3 aromatic rings. The largest absolute Gasteiger partial charge is 0.497 e. The van der Waals surface area contributed by atoms with Gasteiger partial charge in [-0.15, -0.1) is 0 Å². The molecule has 1 aromatic heterocycles. The molecule has 132 valence electrons. The monoisotopic (exact) mass is 347 g/mol. The zero-order valence-corrected chi connectivity index (χ0v) is 14.8. The number of hydrogen-bond donors (Lipinski definition) is 2. The van der Waals surface area contributed by atoms with E-state index in [0.29, 0.717) is 12.1 Å². The van der Waals surface area contributed by atoms with Crippen molar-refractivity contribution in [1.82, 2.24) is 4.98 Å². The van der Waals surface area contributed by atoms with E-state index in [-0.39, 0.29) is 5.91 Å². The van der Waals surface area contributed by atoms with Crippen LogP contribution in [-0.2, 0) is 6.54 Å². The summed E-state index contributed by atoms with van der Waals surface area (Å²) >= 11 is 0. The first kappa shape index (κ1) is 17.5. The first-order chi connectivity index (χ1) is 12.6. The third-order valence-electron chi connectivity index (χ3n) is 3.93. The maximum absolute atomic E-state index is 12.4. The fourth-order valence-corrected chi connectivity index (χ4v) is 2.53. The predicted octanol–water partition coefficient (Wildman–Crippen LogP) is 4.26. The van der Waals surface area contributed by atoms with Crippen LogP contribution in [0.3, 0.4) is 0 Å². The second kappa shape index (κ2) is 8.16. The van der Waals surface area contributed by atoms with E-state index >= 15 is 0 Å². The van der Waals surface area contributed by atoms with Gasteiger partial charge in [-0.05, 0) is 48.4 Å². The van der Waals surface area contributed by atoms with Crippen molar-refractivity contribution in [1.29, 1.82) is 0 Å². The molecule has 2 N–H and O–H groups in total. The number of benzene rings is 2. The topological polar surface area (TPSA) is 63.2 Å². The quantitative estimate of drug-likeness (QED) is 0.699. The van der Waals surface area contributed by atoms with E-state index in [4.69, 9.17) is 4.74 Å². The summed E-state index contributed by atoms with van der Waals surface area (Å²) in [6.45, 7) is 2.62. The van der Waals surface area contributed by atoms with Crippen LogP contribution in [0.4, 0.5) is 11.4 Å². The molecular weight excluding hydrogens is 326 g/mol. The summed E-state index contributed by atoms with van der Waals surface area (Å²) in [7, 11) is 1.65. The van der Waals surface area contributed by atoms with Gasteiger partial charge in [0.1, 0.15) is 5.75 Å². The van der Waals surface area contributed by atoms with E-state index in [0.717, 1.165) is 28.3 Å². The fourth-order valence-electron chi connectivity index (χ4n) is 2.53. The van der Waals surface area contributed by atoms with Crippen LogP contribution in [0, 0.1) is 6.92 Å². The molecule has 0 aliphatic carbocycles. The number of rotatable bonds is 6. The van der Waals surface area contributed by atoms with Gasteiger partial charge in [0.2, 0.25) is 0 Å². The van der Waals surface area contributed by atoms with Crippen molar-refractivity contribution >= 4 is 17.3 Å². The molecule has 1 amide bonds. The third kappa shape index (κ3) is 4.60. The molecule has 0 aliphatic heterocycles. The smallest absolute Gasteiger partial charge is 0.257 e. The van der Waals surface area contributed by atoms with Crippen LogP contribution < -0.4 is 15.4 Å². The Balaban J connectivity index is 1.64. The Kier molecular flexibility index (Phi) is 5.49. The second-order valence-corrected chi connectivity index (χ2v) is 5.99. The molecular formula is C21H21N3O2. The van der Waals surface area contributed by atoms with Gasteiger partial charge < -0.3 is 15.4 Å². The van der Waals surface area contributed by atoms with Gasteiger partial charge in [-0.2, -0.15) is 0 Å². The van der Waals surface area contributed by atoms with Crippen LogP contribution >= 0.6 is 0 Å². The summed E-state index contributed by atoms with van der Waals surface area (Å²) in [6.07, 6.45) is 3.26. The zero-order valence-electron chi connectivity index (χ0n) is 14.8. The molecule has 2 aromatic carbocycles. The van der Waals surface area contributed by atoms with E-state index in [1.807, 2.05) is 55.5 Å². The minimum atomic E-state index is -0.184. The number of anilines is 2. The molecule has 0 atom stereocenters. The first-order valence-electron chi connectivity index (χ1n) is 8.34. The highest BCUT2D eigenvalue weighted by Crippen LogP contribution is 2.16. The molecule has 0 aliphatic rings. The van der Waals surface area contributed by atoms with E-state index in [1.165, 1.54) is 0 Å². The van der Waals surface area contributed by atoms with Crippen LogP contribution in [0.15, 0.2) is 67.0 Å². The van der Waals surface area contributed by atoms with E-state index in [9.17, 15) is 4.79 Å². The molecule has 0 unspecified atom stereocenters. The van der Waals surface area contributed by atoms with Crippen molar-refractivity contribution < 1.29 is 9.53 Å². The molecule has 0 saturated carbocycles. The lowest BCUT2D eigenvalue weighted by Gasteiger charge is -2.09. The summed E-state index contributed by atoms with van der Waals surface area (Å²) in [6, 6.07) is 17.3. The lowest BCUT2D eigenvalue weighted by molar-refractivity contribution is 0.102. The van der Waals surface area contributed by atoms with Gasteiger partial charge in [-0.1, -0.05) is 24.3 Å². The Morgan fingerprint density at radius 1 is 1.04 bits per heavy atom. The number of nitrogens with zero attached hydrogens (tertiary/aromatic N) is 1. The molecule has 0 saturated heterocycles. The predicted molar refractivity (Wildman–Crippen MR) is 104 cm³/mol. The number of aryl methyl sites for hydroxylation is 1. The first-order valence-corrected chi connectivity index (χ1v) is 8.34.